The molecule has 0 spiro atoms. The number of nitrogens with one attached hydrogen (secondary N) is 1. The van der Waals surface area contributed by atoms with E-state index in [-0.39, 0.29) is 5.82 Å². The Morgan fingerprint density at radius 2 is 1.90 bits per heavy atom. The number of hydrogen-bond acceptors (Lipinski definition) is 2. The summed E-state index contributed by atoms with van der Waals surface area (Å²) >= 11 is 1.68. The van der Waals surface area contributed by atoms with E-state index in [2.05, 4.69) is 30.4 Å². The molecule has 0 atom stereocenters. The molecule has 1 aliphatic rings. The number of rotatable bonds is 5. The van der Waals surface area contributed by atoms with E-state index in [1.54, 1.807) is 11.8 Å². The molecule has 0 unspecified atom stereocenters. The minimum atomic E-state index is -0.187. The van der Waals surface area contributed by atoms with E-state index in [4.69, 9.17) is 0 Å². The molecule has 0 radical (unpaired) electrons. The lowest BCUT2D eigenvalue weighted by Crippen LogP contribution is -2.15. The fraction of sp³-hybridized carbons (Fsp3) is 0.294. The largest absolute Gasteiger partial charge is 0.310 e. The summed E-state index contributed by atoms with van der Waals surface area (Å²) in [5.41, 5.74) is 2.60. The predicted molar refractivity (Wildman–Crippen MR) is 81.6 cm³/mol. The van der Waals surface area contributed by atoms with E-state index in [9.17, 15) is 4.39 Å². The van der Waals surface area contributed by atoms with Gasteiger partial charge in [-0.2, -0.15) is 0 Å². The first-order chi connectivity index (χ1) is 9.70. The summed E-state index contributed by atoms with van der Waals surface area (Å²) in [4.78, 5) is 2.30. The quantitative estimate of drug-likeness (QED) is 0.866. The molecule has 0 aliphatic heterocycles. The van der Waals surface area contributed by atoms with E-state index in [1.165, 1.54) is 41.0 Å². The fourth-order valence-electron chi connectivity index (χ4n) is 2.12. The SMILES string of the molecule is Cc1cc(CNC2CC2)ccc1Sc1ccc(F)cc1. The highest BCUT2D eigenvalue weighted by Gasteiger charge is 2.19. The first kappa shape index (κ1) is 13.7. The second kappa shape index (κ2) is 5.98. The third-order valence-electron chi connectivity index (χ3n) is 3.45. The van der Waals surface area contributed by atoms with Gasteiger partial charge >= 0.3 is 0 Å². The molecule has 2 aromatic rings. The molecule has 20 heavy (non-hydrogen) atoms. The van der Waals surface area contributed by atoms with Crippen molar-refractivity contribution in [2.45, 2.75) is 42.1 Å². The van der Waals surface area contributed by atoms with Crippen LogP contribution in [0.3, 0.4) is 0 Å². The molecule has 0 saturated heterocycles. The summed E-state index contributed by atoms with van der Waals surface area (Å²) in [7, 11) is 0. The van der Waals surface area contributed by atoms with Crippen LogP contribution in [0.15, 0.2) is 52.3 Å². The van der Waals surface area contributed by atoms with Crippen LogP contribution in [0.25, 0.3) is 0 Å². The van der Waals surface area contributed by atoms with Gasteiger partial charge in [0.15, 0.2) is 0 Å². The topological polar surface area (TPSA) is 12.0 Å². The van der Waals surface area contributed by atoms with Gasteiger partial charge in [0.1, 0.15) is 5.82 Å². The molecule has 0 aromatic heterocycles. The van der Waals surface area contributed by atoms with Crippen molar-refractivity contribution >= 4 is 11.8 Å². The van der Waals surface area contributed by atoms with Crippen molar-refractivity contribution in [2.24, 2.45) is 0 Å². The lowest BCUT2D eigenvalue weighted by atomic mass is 10.1. The predicted octanol–water partition coefficient (Wildman–Crippen LogP) is 4.54. The Balaban J connectivity index is 1.68. The molecule has 1 N–H and O–H groups in total. The van der Waals surface area contributed by atoms with E-state index < -0.39 is 0 Å². The van der Waals surface area contributed by atoms with Gasteiger partial charge < -0.3 is 5.32 Å². The zero-order valence-electron chi connectivity index (χ0n) is 11.5. The molecule has 1 fully saturated rings. The van der Waals surface area contributed by atoms with Crippen LogP contribution in [0.5, 0.6) is 0 Å². The summed E-state index contributed by atoms with van der Waals surface area (Å²) in [6.07, 6.45) is 2.63. The molecule has 1 aliphatic carbocycles. The Morgan fingerprint density at radius 1 is 1.15 bits per heavy atom. The molecule has 1 saturated carbocycles. The first-order valence-electron chi connectivity index (χ1n) is 6.97. The van der Waals surface area contributed by atoms with E-state index in [0.717, 1.165) is 17.5 Å². The highest BCUT2D eigenvalue weighted by Crippen LogP contribution is 2.31. The van der Waals surface area contributed by atoms with Gasteiger partial charge in [-0.1, -0.05) is 23.9 Å². The smallest absolute Gasteiger partial charge is 0.123 e. The van der Waals surface area contributed by atoms with E-state index in [1.807, 2.05) is 12.1 Å². The van der Waals surface area contributed by atoms with Crippen LogP contribution in [0, 0.1) is 12.7 Å². The van der Waals surface area contributed by atoms with Crippen molar-refractivity contribution in [3.63, 3.8) is 0 Å². The van der Waals surface area contributed by atoms with Crippen LogP contribution in [0.2, 0.25) is 0 Å². The Bertz CT molecular complexity index is 590. The van der Waals surface area contributed by atoms with Crippen LogP contribution in [0.1, 0.15) is 24.0 Å². The summed E-state index contributed by atoms with van der Waals surface area (Å²) in [6.45, 7) is 3.08. The minimum absolute atomic E-state index is 0.187. The highest BCUT2D eigenvalue weighted by molar-refractivity contribution is 7.99. The van der Waals surface area contributed by atoms with Gasteiger partial charge in [-0.25, -0.2) is 4.39 Å². The molecule has 1 nitrogen and oxygen atoms in total. The van der Waals surface area contributed by atoms with Crippen molar-refractivity contribution in [1.29, 1.82) is 0 Å². The minimum Gasteiger partial charge on any atom is -0.310 e. The Hall–Kier alpha value is -1.32. The van der Waals surface area contributed by atoms with Crippen molar-refractivity contribution in [3.8, 4) is 0 Å². The molecular formula is C17H18FNS. The van der Waals surface area contributed by atoms with Crippen LogP contribution >= 0.6 is 11.8 Å². The third kappa shape index (κ3) is 3.62. The van der Waals surface area contributed by atoms with Gasteiger partial charge in [-0.15, -0.1) is 0 Å². The normalized spacial score (nSPS) is 14.5. The molecule has 0 bridgehead atoms. The zero-order chi connectivity index (χ0) is 13.9. The maximum atomic E-state index is 12.9. The Morgan fingerprint density at radius 3 is 2.55 bits per heavy atom. The molecule has 104 valence electrons. The van der Waals surface area contributed by atoms with Gasteiger partial charge in [0.05, 0.1) is 0 Å². The van der Waals surface area contributed by atoms with Gasteiger partial charge in [0, 0.05) is 22.4 Å². The fourth-order valence-corrected chi connectivity index (χ4v) is 3.00. The number of hydrogen-bond donors (Lipinski definition) is 1. The van der Waals surface area contributed by atoms with Crippen LogP contribution in [0.4, 0.5) is 4.39 Å². The average Bonchev–Trinajstić information content (AvgIpc) is 3.26. The van der Waals surface area contributed by atoms with E-state index >= 15 is 0 Å². The second-order valence-corrected chi connectivity index (χ2v) is 6.43. The van der Waals surface area contributed by atoms with Gasteiger partial charge in [-0.3, -0.25) is 0 Å². The van der Waals surface area contributed by atoms with E-state index in [0.29, 0.717) is 0 Å². The van der Waals surface area contributed by atoms with Gasteiger partial charge in [0.25, 0.3) is 0 Å². The van der Waals surface area contributed by atoms with Crippen LogP contribution < -0.4 is 5.32 Å². The number of halogens is 1. The molecular weight excluding hydrogens is 269 g/mol. The Kier molecular flexibility index (Phi) is 4.08. The Labute approximate surface area is 123 Å². The first-order valence-corrected chi connectivity index (χ1v) is 7.79. The van der Waals surface area contributed by atoms with Gasteiger partial charge in [0.2, 0.25) is 0 Å². The maximum absolute atomic E-state index is 12.9. The third-order valence-corrected chi connectivity index (χ3v) is 4.64. The lowest BCUT2D eigenvalue weighted by Gasteiger charge is -2.09. The van der Waals surface area contributed by atoms with Crippen LogP contribution in [-0.2, 0) is 6.54 Å². The molecule has 2 aromatic carbocycles. The average molecular weight is 287 g/mol. The molecule has 3 heteroatoms. The van der Waals surface area contributed by atoms with Crippen molar-refractivity contribution in [3.05, 3.63) is 59.4 Å². The van der Waals surface area contributed by atoms with Gasteiger partial charge in [-0.05, 0) is 61.2 Å². The molecule has 3 rings (SSSR count). The molecule has 0 amide bonds. The lowest BCUT2D eigenvalue weighted by molar-refractivity contribution is 0.626. The maximum Gasteiger partial charge on any atom is 0.123 e. The number of aryl methyl sites for hydroxylation is 1. The number of benzene rings is 2. The second-order valence-electron chi connectivity index (χ2n) is 5.31. The zero-order valence-corrected chi connectivity index (χ0v) is 12.3. The molecule has 0 heterocycles. The monoisotopic (exact) mass is 287 g/mol. The standard InChI is InChI=1S/C17H18FNS/c1-12-10-13(11-19-15-5-6-15)2-9-17(12)20-16-7-3-14(18)4-8-16/h2-4,7-10,15,19H,5-6,11H2,1H3. The summed E-state index contributed by atoms with van der Waals surface area (Å²) in [6, 6.07) is 14.0. The van der Waals surface area contributed by atoms with Crippen LogP contribution in [-0.4, -0.2) is 6.04 Å². The highest BCUT2D eigenvalue weighted by atomic mass is 32.2. The van der Waals surface area contributed by atoms with Crippen molar-refractivity contribution in [2.75, 3.05) is 0 Å². The summed E-state index contributed by atoms with van der Waals surface area (Å²) < 4.78 is 12.9. The van der Waals surface area contributed by atoms with Crippen molar-refractivity contribution in [1.82, 2.24) is 5.32 Å². The summed E-state index contributed by atoms with van der Waals surface area (Å²) in [5, 5.41) is 3.53. The van der Waals surface area contributed by atoms with Crippen molar-refractivity contribution < 1.29 is 4.39 Å². The summed E-state index contributed by atoms with van der Waals surface area (Å²) in [5.74, 6) is -0.187.